The van der Waals surface area contributed by atoms with Gasteiger partial charge in [-0.15, -0.1) is 6.42 Å². The Hall–Kier alpha value is -4.18. The first-order valence-electron chi connectivity index (χ1n) is 9.67. The van der Waals surface area contributed by atoms with E-state index in [2.05, 4.69) is 20.9 Å². The maximum absolute atomic E-state index is 5.78. The number of ether oxygens (including phenoxy) is 1. The van der Waals surface area contributed by atoms with Gasteiger partial charge in [0.15, 0.2) is 5.82 Å². The summed E-state index contributed by atoms with van der Waals surface area (Å²) in [5.74, 6) is 3.69. The van der Waals surface area contributed by atoms with E-state index < -0.39 is 0 Å². The van der Waals surface area contributed by atoms with E-state index in [9.17, 15) is 0 Å². The summed E-state index contributed by atoms with van der Waals surface area (Å²) in [5, 5.41) is 0. The quantitative estimate of drug-likeness (QED) is 0.283. The number of rotatable bonds is 5. The number of aryl methyl sites for hydroxylation is 1. The van der Waals surface area contributed by atoms with Crippen LogP contribution in [0.4, 0.5) is 5.82 Å². The molecule has 0 atom stereocenters. The largest absolute Gasteiger partial charge is 0.481 e. The number of aromatic nitrogens is 4. The summed E-state index contributed by atoms with van der Waals surface area (Å²) in [6.45, 7) is 2.04. The van der Waals surface area contributed by atoms with Crippen LogP contribution in [0.25, 0.3) is 28.2 Å². The minimum absolute atomic E-state index is 0.491. The van der Waals surface area contributed by atoms with E-state index in [1.165, 1.54) is 0 Å². The summed E-state index contributed by atoms with van der Waals surface area (Å²) in [7, 11) is 5.38. The number of hydrogen-bond acceptors (Lipinski definition) is 5. The molecule has 4 aromatic rings. The van der Waals surface area contributed by atoms with Crippen molar-refractivity contribution in [1.82, 2.24) is 24.3 Å². The number of nitrogens with zero attached hydrogens (tertiary/aromatic N) is 6. The lowest BCUT2D eigenvalue weighted by molar-refractivity contribution is 0.399. The van der Waals surface area contributed by atoms with Gasteiger partial charge in [-0.3, -0.25) is 4.40 Å². The molecule has 0 aliphatic heterocycles. The molecule has 0 bridgehead atoms. The van der Waals surface area contributed by atoms with Gasteiger partial charge in [0.05, 0.1) is 30.3 Å². The van der Waals surface area contributed by atoms with E-state index in [4.69, 9.17) is 16.1 Å². The molecule has 7 nitrogen and oxygen atoms in total. The lowest BCUT2D eigenvalue weighted by Gasteiger charge is -2.10. The summed E-state index contributed by atoms with van der Waals surface area (Å²) in [6.07, 6.45) is 12.9. The Bertz CT molecular complexity index is 1330. The highest BCUT2D eigenvalue weighted by molar-refractivity contribution is 5.84. The fraction of sp³-hybridized carbons (Fsp3) is 0.167. The van der Waals surface area contributed by atoms with Gasteiger partial charge in [0.2, 0.25) is 5.88 Å². The Kier molecular flexibility index (Phi) is 5.37. The average molecular weight is 410 g/mol. The highest BCUT2D eigenvalue weighted by Crippen LogP contribution is 2.37. The van der Waals surface area contributed by atoms with E-state index in [1.807, 2.05) is 66.8 Å². The second kappa shape index (κ2) is 8.28. The van der Waals surface area contributed by atoms with E-state index in [0.717, 1.165) is 33.7 Å². The summed E-state index contributed by atoms with van der Waals surface area (Å²) >= 11 is 0. The van der Waals surface area contributed by atoms with Gasteiger partial charge >= 0.3 is 0 Å². The van der Waals surface area contributed by atoms with Crippen molar-refractivity contribution in [2.75, 3.05) is 21.2 Å². The Morgan fingerprint density at radius 2 is 2.06 bits per heavy atom. The molecule has 0 radical (unpaired) electrons. The molecule has 4 rings (SSSR count). The van der Waals surface area contributed by atoms with E-state index in [-0.39, 0.29) is 0 Å². The molecular weight excluding hydrogens is 388 g/mol. The normalized spacial score (nSPS) is 11.1. The van der Waals surface area contributed by atoms with Gasteiger partial charge in [-0.2, -0.15) is 0 Å². The second-order valence-electron chi connectivity index (χ2n) is 7.25. The third-order valence-electron chi connectivity index (χ3n) is 4.71. The van der Waals surface area contributed by atoms with Crippen molar-refractivity contribution in [3.8, 4) is 40.7 Å². The topological polar surface area (TPSA) is 67.9 Å². The molecule has 0 spiro atoms. The van der Waals surface area contributed by atoms with Gasteiger partial charge < -0.3 is 9.64 Å². The van der Waals surface area contributed by atoms with E-state index in [0.29, 0.717) is 17.3 Å². The number of fused-ring (bicyclic) bond motifs is 1. The molecule has 0 saturated carbocycles. The Labute approximate surface area is 181 Å². The first-order chi connectivity index (χ1) is 15.0. The number of hydrogen-bond donors (Lipinski definition) is 0. The van der Waals surface area contributed by atoms with Gasteiger partial charge in [0.1, 0.15) is 11.3 Å². The molecule has 154 valence electrons. The van der Waals surface area contributed by atoms with Crippen molar-refractivity contribution >= 4 is 17.8 Å². The molecule has 0 unspecified atom stereocenters. The minimum atomic E-state index is 0.491. The van der Waals surface area contributed by atoms with Crippen LogP contribution in [0.1, 0.15) is 11.1 Å². The maximum atomic E-state index is 5.78. The van der Waals surface area contributed by atoms with Crippen molar-refractivity contribution in [1.29, 1.82) is 0 Å². The Balaban J connectivity index is 1.98. The zero-order valence-corrected chi connectivity index (χ0v) is 17.9. The van der Waals surface area contributed by atoms with Crippen LogP contribution in [0.3, 0.4) is 0 Å². The highest BCUT2D eigenvalue weighted by Gasteiger charge is 2.20. The van der Waals surface area contributed by atoms with Crippen molar-refractivity contribution in [2.45, 2.75) is 6.92 Å². The molecule has 0 saturated heterocycles. The third-order valence-corrected chi connectivity index (χ3v) is 4.71. The summed E-state index contributed by atoms with van der Waals surface area (Å²) in [5.41, 5.74) is 5.74. The van der Waals surface area contributed by atoms with Gasteiger partial charge in [0.25, 0.3) is 0 Å². The van der Waals surface area contributed by atoms with Crippen molar-refractivity contribution in [3.63, 3.8) is 0 Å². The fourth-order valence-electron chi connectivity index (χ4n) is 3.31. The van der Waals surface area contributed by atoms with Crippen LogP contribution in [0.2, 0.25) is 0 Å². The first kappa shape index (κ1) is 20.1. The molecule has 0 fully saturated rings. The number of pyridine rings is 3. The smallest absolute Gasteiger partial charge is 0.222 e. The summed E-state index contributed by atoms with van der Waals surface area (Å²) in [4.78, 5) is 20.0. The number of imidazole rings is 1. The first-order valence-corrected chi connectivity index (χ1v) is 9.67. The second-order valence-corrected chi connectivity index (χ2v) is 7.25. The predicted molar refractivity (Wildman–Crippen MR) is 123 cm³/mol. The molecule has 4 aromatic heterocycles. The summed E-state index contributed by atoms with van der Waals surface area (Å²) in [6, 6.07) is 9.77. The lowest BCUT2D eigenvalue weighted by Crippen LogP contribution is -2.07. The van der Waals surface area contributed by atoms with Crippen LogP contribution in [0.15, 0.2) is 53.9 Å². The molecule has 0 aromatic carbocycles. The zero-order chi connectivity index (χ0) is 22.0. The summed E-state index contributed by atoms with van der Waals surface area (Å²) < 4.78 is 7.52. The van der Waals surface area contributed by atoms with Crippen molar-refractivity contribution in [3.05, 3.63) is 60.0 Å². The van der Waals surface area contributed by atoms with E-state index >= 15 is 0 Å². The molecule has 0 amide bonds. The van der Waals surface area contributed by atoms with Crippen LogP contribution in [0, 0.1) is 19.3 Å². The predicted octanol–water partition coefficient (Wildman–Crippen LogP) is 3.98. The number of methoxy groups -OCH3 is 1. The van der Waals surface area contributed by atoms with E-state index in [1.54, 1.807) is 25.8 Å². The number of terminal acetylenes is 1. The molecule has 0 aliphatic carbocycles. The third kappa shape index (κ3) is 3.83. The average Bonchev–Trinajstić information content (AvgIpc) is 3.15. The zero-order valence-electron chi connectivity index (χ0n) is 17.9. The van der Waals surface area contributed by atoms with Crippen LogP contribution in [-0.4, -0.2) is 51.8 Å². The van der Waals surface area contributed by atoms with Gasteiger partial charge in [-0.25, -0.2) is 19.9 Å². The van der Waals surface area contributed by atoms with Gasteiger partial charge in [-0.1, -0.05) is 5.92 Å². The molecule has 31 heavy (non-hydrogen) atoms. The molecule has 0 N–H and O–H groups in total. The van der Waals surface area contributed by atoms with Crippen LogP contribution >= 0.6 is 0 Å². The molecular formula is C24H22N6O. The minimum Gasteiger partial charge on any atom is -0.481 e. The Morgan fingerprint density at radius 1 is 1.23 bits per heavy atom. The Morgan fingerprint density at radius 3 is 2.81 bits per heavy atom. The fourth-order valence-corrected chi connectivity index (χ4v) is 3.31. The van der Waals surface area contributed by atoms with Crippen molar-refractivity contribution in [2.24, 2.45) is 4.99 Å². The van der Waals surface area contributed by atoms with Crippen LogP contribution in [-0.2, 0) is 0 Å². The van der Waals surface area contributed by atoms with Gasteiger partial charge in [0, 0.05) is 38.2 Å². The number of aliphatic imine (C=N–C) groups is 1. The van der Waals surface area contributed by atoms with Crippen LogP contribution < -0.4 is 4.74 Å². The van der Waals surface area contributed by atoms with Crippen molar-refractivity contribution < 1.29 is 4.74 Å². The molecule has 4 heterocycles. The molecule has 7 heteroatoms. The standard InChI is InChI=1S/C24H22N6O/c1-6-17-13-18(14-26-23(17)27-15-29(3)4)22-21(19-8-7-10-25-24(19)31-5)28-20-12-16(2)9-11-30(20)22/h1,7-15H,2-5H3. The maximum Gasteiger partial charge on any atom is 0.222 e. The van der Waals surface area contributed by atoms with Crippen LogP contribution in [0.5, 0.6) is 5.88 Å². The SMILES string of the molecule is C#Cc1cc(-c2c(-c3cccnc3OC)nc3cc(C)ccn23)cnc1N=CN(C)C. The molecule has 0 aliphatic rings. The monoisotopic (exact) mass is 410 g/mol. The van der Waals surface area contributed by atoms with Gasteiger partial charge in [-0.05, 0) is 42.8 Å². The highest BCUT2D eigenvalue weighted by atomic mass is 16.5. The lowest BCUT2D eigenvalue weighted by atomic mass is 10.1.